The van der Waals surface area contributed by atoms with E-state index >= 15 is 0 Å². The van der Waals surface area contributed by atoms with E-state index in [1.165, 1.54) is 16.4 Å². The number of piperazine rings is 1. The van der Waals surface area contributed by atoms with Gasteiger partial charge in [-0.15, -0.1) is 0 Å². The number of carbonyl (C=O) groups excluding carboxylic acids is 2. The fraction of sp³-hybridized carbons (Fsp3) is 0.529. The van der Waals surface area contributed by atoms with E-state index in [9.17, 15) is 18.0 Å². The molecule has 1 aromatic carbocycles. The van der Waals surface area contributed by atoms with Gasteiger partial charge in [0.05, 0.1) is 31.1 Å². The van der Waals surface area contributed by atoms with Crippen LogP contribution in [0.2, 0.25) is 5.02 Å². The first-order valence-corrected chi connectivity index (χ1v) is 10.7. The molecule has 3 N–H and O–H groups in total. The fourth-order valence-corrected chi connectivity index (χ4v) is 4.30. The van der Waals surface area contributed by atoms with Gasteiger partial charge >= 0.3 is 6.03 Å². The lowest BCUT2D eigenvalue weighted by atomic mass is 10.3. The molecule has 27 heavy (non-hydrogen) atoms. The minimum Gasteiger partial charge on any atom is -0.335 e. The number of nitrogens with one attached hydrogen (secondary N) is 3. The summed E-state index contributed by atoms with van der Waals surface area (Å²) < 4.78 is 26.7. The van der Waals surface area contributed by atoms with Crippen molar-refractivity contribution in [1.29, 1.82) is 0 Å². The number of halogens is 1. The average Bonchev–Trinajstić information content (AvgIpc) is 2.62. The first-order chi connectivity index (χ1) is 12.7. The number of hydrogen-bond donors (Lipinski definition) is 3. The molecule has 150 valence electrons. The number of benzene rings is 1. The Labute approximate surface area is 164 Å². The van der Waals surface area contributed by atoms with Gasteiger partial charge in [-0.25, -0.2) is 13.2 Å². The molecule has 0 aliphatic carbocycles. The minimum atomic E-state index is -3.57. The lowest BCUT2D eigenvalue weighted by Crippen LogP contribution is -3.15. The topological polar surface area (TPSA) is 100 Å². The third-order valence-corrected chi connectivity index (χ3v) is 6.70. The molecule has 8 nitrogen and oxygen atoms in total. The maximum atomic E-state index is 12.6. The highest BCUT2D eigenvalue weighted by atomic mass is 35.5. The van der Waals surface area contributed by atoms with Crippen LogP contribution in [0.1, 0.15) is 20.3 Å². The first-order valence-electron chi connectivity index (χ1n) is 8.92. The molecule has 0 aromatic heterocycles. The molecular formula is C17H26ClN4O4S+. The number of quaternary nitrogens is 1. The molecule has 0 radical (unpaired) electrons. The maximum absolute atomic E-state index is 12.6. The second-order valence-electron chi connectivity index (χ2n) is 6.62. The van der Waals surface area contributed by atoms with Gasteiger partial charge in [-0.2, -0.15) is 4.31 Å². The van der Waals surface area contributed by atoms with Crippen LogP contribution in [0.3, 0.4) is 0 Å². The Balaban J connectivity index is 1.83. The van der Waals surface area contributed by atoms with Gasteiger partial charge in [0.1, 0.15) is 0 Å². The molecule has 1 atom stereocenters. The Kier molecular flexibility index (Phi) is 7.60. The molecule has 3 amide bonds. The summed E-state index contributed by atoms with van der Waals surface area (Å²) in [6.07, 6.45) is 0.775. The molecule has 1 heterocycles. The van der Waals surface area contributed by atoms with Gasteiger partial charge in [0.25, 0.3) is 5.91 Å². The zero-order valence-electron chi connectivity index (χ0n) is 15.5. The Morgan fingerprint density at radius 1 is 1.22 bits per heavy atom. The van der Waals surface area contributed by atoms with Crippen LogP contribution in [0.25, 0.3) is 0 Å². The average molecular weight is 418 g/mol. The van der Waals surface area contributed by atoms with E-state index in [1.807, 2.05) is 13.8 Å². The van der Waals surface area contributed by atoms with Crippen LogP contribution in [-0.4, -0.2) is 63.4 Å². The van der Waals surface area contributed by atoms with E-state index in [0.717, 1.165) is 11.3 Å². The highest BCUT2D eigenvalue weighted by Crippen LogP contribution is 2.18. The smallest absolute Gasteiger partial charge is 0.321 e. The molecule has 1 aliphatic heterocycles. The van der Waals surface area contributed by atoms with Crippen molar-refractivity contribution in [3.63, 3.8) is 0 Å². The summed E-state index contributed by atoms with van der Waals surface area (Å²) >= 11 is 5.81. The van der Waals surface area contributed by atoms with Crippen LogP contribution in [0.15, 0.2) is 29.2 Å². The molecule has 1 saturated heterocycles. The monoisotopic (exact) mass is 417 g/mol. The fourth-order valence-electron chi connectivity index (χ4n) is 2.74. The zero-order valence-corrected chi connectivity index (χ0v) is 17.1. The van der Waals surface area contributed by atoms with Crippen molar-refractivity contribution in [1.82, 2.24) is 14.9 Å². The van der Waals surface area contributed by atoms with E-state index in [1.54, 1.807) is 12.1 Å². The van der Waals surface area contributed by atoms with Gasteiger partial charge in [0.15, 0.2) is 6.54 Å². The number of amides is 3. The number of imide groups is 1. The molecule has 10 heteroatoms. The normalized spacial score (nSPS) is 17.3. The van der Waals surface area contributed by atoms with Gasteiger partial charge in [-0.3, -0.25) is 10.1 Å². The molecular weight excluding hydrogens is 392 g/mol. The largest absolute Gasteiger partial charge is 0.335 e. The number of nitrogens with zero attached hydrogens (tertiary/aromatic N) is 1. The predicted molar refractivity (Wildman–Crippen MR) is 102 cm³/mol. The van der Waals surface area contributed by atoms with Crippen LogP contribution >= 0.6 is 11.6 Å². The first kappa shape index (κ1) is 21.6. The van der Waals surface area contributed by atoms with Crippen LogP contribution in [0.4, 0.5) is 4.79 Å². The summed E-state index contributed by atoms with van der Waals surface area (Å²) in [6, 6.07) is 5.56. The summed E-state index contributed by atoms with van der Waals surface area (Å²) in [6.45, 7) is 5.53. The third-order valence-electron chi connectivity index (χ3n) is 4.53. The van der Waals surface area contributed by atoms with Crippen molar-refractivity contribution < 1.29 is 22.9 Å². The predicted octanol–water partition coefficient (Wildman–Crippen LogP) is -0.146. The van der Waals surface area contributed by atoms with Crippen LogP contribution in [0.5, 0.6) is 0 Å². The summed E-state index contributed by atoms with van der Waals surface area (Å²) in [5.74, 6) is -0.375. The van der Waals surface area contributed by atoms with Crippen LogP contribution < -0.4 is 15.5 Å². The molecule has 0 bridgehead atoms. The molecule has 1 aliphatic rings. The van der Waals surface area contributed by atoms with Crippen LogP contribution in [-0.2, 0) is 14.8 Å². The summed E-state index contributed by atoms with van der Waals surface area (Å²) in [4.78, 5) is 24.8. The van der Waals surface area contributed by atoms with Crippen molar-refractivity contribution in [2.75, 3.05) is 32.7 Å². The maximum Gasteiger partial charge on any atom is 0.321 e. The Morgan fingerprint density at radius 2 is 1.81 bits per heavy atom. The molecule has 0 spiro atoms. The van der Waals surface area contributed by atoms with E-state index in [-0.39, 0.29) is 23.4 Å². The summed E-state index contributed by atoms with van der Waals surface area (Å²) in [5.41, 5.74) is 0. The standard InChI is InChI=1S/C17H25ClN4O4S/c1-3-13(2)19-17(24)20-16(23)12-21-8-10-22(11-9-21)27(25,26)15-6-4-14(18)5-7-15/h4-7,13H,3,8-12H2,1-2H3,(H2,19,20,23,24)/p+1/t13-/m0/s1. The van der Waals surface area contributed by atoms with Crippen molar-refractivity contribution in [3.8, 4) is 0 Å². The number of rotatable bonds is 6. The second-order valence-corrected chi connectivity index (χ2v) is 8.99. The number of hydrogen-bond acceptors (Lipinski definition) is 4. The van der Waals surface area contributed by atoms with Crippen molar-refractivity contribution >= 4 is 33.6 Å². The minimum absolute atomic E-state index is 0.00762. The highest BCUT2D eigenvalue weighted by molar-refractivity contribution is 7.89. The van der Waals surface area contributed by atoms with Crippen molar-refractivity contribution in [2.24, 2.45) is 0 Å². The number of urea groups is 1. The van der Waals surface area contributed by atoms with E-state index in [0.29, 0.717) is 31.2 Å². The summed E-state index contributed by atoms with van der Waals surface area (Å²) in [5, 5.41) is 5.46. The zero-order chi connectivity index (χ0) is 20.0. The number of sulfonamides is 1. The van der Waals surface area contributed by atoms with E-state index in [4.69, 9.17) is 11.6 Å². The van der Waals surface area contributed by atoms with E-state index < -0.39 is 16.1 Å². The Morgan fingerprint density at radius 3 is 2.37 bits per heavy atom. The Hall–Kier alpha value is -1.68. The van der Waals surface area contributed by atoms with Gasteiger partial charge in [-0.1, -0.05) is 18.5 Å². The lowest BCUT2D eigenvalue weighted by Gasteiger charge is -2.31. The third kappa shape index (κ3) is 6.17. The lowest BCUT2D eigenvalue weighted by molar-refractivity contribution is -0.895. The van der Waals surface area contributed by atoms with E-state index in [2.05, 4.69) is 10.6 Å². The second kappa shape index (κ2) is 9.50. The molecule has 1 fully saturated rings. The quantitative estimate of drug-likeness (QED) is 0.599. The molecule has 1 aromatic rings. The highest BCUT2D eigenvalue weighted by Gasteiger charge is 2.31. The van der Waals surface area contributed by atoms with Crippen LogP contribution in [0, 0.1) is 0 Å². The molecule has 0 unspecified atom stereocenters. The SMILES string of the molecule is CC[C@H](C)NC(=O)NC(=O)C[NH+]1CCN(S(=O)(=O)c2ccc(Cl)cc2)CC1. The van der Waals surface area contributed by atoms with Gasteiger partial charge in [0.2, 0.25) is 10.0 Å². The van der Waals surface area contributed by atoms with Crippen molar-refractivity contribution in [3.05, 3.63) is 29.3 Å². The number of carbonyl (C=O) groups is 2. The van der Waals surface area contributed by atoms with Crippen molar-refractivity contribution in [2.45, 2.75) is 31.2 Å². The Bertz CT molecular complexity index is 762. The van der Waals surface area contributed by atoms with Gasteiger partial charge in [0, 0.05) is 11.1 Å². The molecule has 2 rings (SSSR count). The molecule has 0 saturated carbocycles. The van der Waals surface area contributed by atoms with Gasteiger partial charge < -0.3 is 10.2 Å². The van der Waals surface area contributed by atoms with Gasteiger partial charge in [-0.05, 0) is 37.6 Å². The summed E-state index contributed by atoms with van der Waals surface area (Å²) in [7, 11) is -3.57.